The van der Waals surface area contributed by atoms with Crippen molar-refractivity contribution in [2.45, 2.75) is 18.9 Å². The van der Waals surface area contributed by atoms with Crippen LogP contribution in [0, 0.1) is 0 Å². The van der Waals surface area contributed by atoms with E-state index >= 15 is 0 Å². The summed E-state index contributed by atoms with van der Waals surface area (Å²) in [5, 5.41) is 13.2. The van der Waals surface area contributed by atoms with Gasteiger partial charge >= 0.3 is 5.97 Å². The minimum Gasteiger partial charge on any atom is -0.477 e. The van der Waals surface area contributed by atoms with Gasteiger partial charge in [0.2, 0.25) is 5.43 Å². The number of hydrogen-bond acceptors (Lipinski definition) is 5. The molecule has 126 valence electrons. The fraction of sp³-hybridized carbons (Fsp3) is 0.438. The Morgan fingerprint density at radius 1 is 1.33 bits per heavy atom. The number of anilines is 1. The molecule has 2 aromatic rings. The van der Waals surface area contributed by atoms with Crippen LogP contribution in [-0.2, 0) is 0 Å². The Labute approximate surface area is 142 Å². The van der Waals surface area contributed by atoms with Gasteiger partial charge in [-0.05, 0) is 18.9 Å². The van der Waals surface area contributed by atoms with Crippen LogP contribution < -0.4 is 15.6 Å². The van der Waals surface area contributed by atoms with E-state index in [1.54, 1.807) is 6.07 Å². The van der Waals surface area contributed by atoms with Crippen LogP contribution in [0.25, 0.3) is 11.0 Å². The van der Waals surface area contributed by atoms with Crippen molar-refractivity contribution in [1.82, 2.24) is 14.9 Å². The number of nitrogens with one attached hydrogen (secondary N) is 1. The predicted octanol–water partition coefficient (Wildman–Crippen LogP) is 1.49. The molecule has 0 atom stereocenters. The Hall–Kier alpha value is -2.12. The molecular formula is C16H17ClN4O3. The van der Waals surface area contributed by atoms with Crippen molar-refractivity contribution in [1.29, 1.82) is 0 Å². The summed E-state index contributed by atoms with van der Waals surface area (Å²) in [7, 11) is 0. The lowest BCUT2D eigenvalue weighted by molar-refractivity contribution is 0.0695. The SMILES string of the molecule is O=C(O)c1cn(C2CC2)c2nc(N3CCNCC3)c(Cl)cc2c1=O. The van der Waals surface area contributed by atoms with Crippen molar-refractivity contribution in [3.8, 4) is 0 Å². The van der Waals surface area contributed by atoms with Crippen LogP contribution in [0.1, 0.15) is 29.2 Å². The number of aromatic carboxylic acids is 1. The number of carboxylic acid groups (broad SMARTS) is 1. The number of fused-ring (bicyclic) bond motifs is 1. The summed E-state index contributed by atoms with van der Waals surface area (Å²) in [5.41, 5.74) is -0.247. The molecule has 24 heavy (non-hydrogen) atoms. The molecule has 8 heteroatoms. The molecule has 0 spiro atoms. The van der Waals surface area contributed by atoms with Crippen molar-refractivity contribution in [3.05, 3.63) is 33.1 Å². The van der Waals surface area contributed by atoms with Crippen LogP contribution in [0.5, 0.6) is 0 Å². The molecular weight excluding hydrogens is 332 g/mol. The van der Waals surface area contributed by atoms with Crippen LogP contribution in [0.4, 0.5) is 5.82 Å². The number of pyridine rings is 2. The van der Waals surface area contributed by atoms with Crippen LogP contribution in [0.3, 0.4) is 0 Å². The summed E-state index contributed by atoms with van der Waals surface area (Å²) >= 11 is 6.37. The fourth-order valence-corrected chi connectivity index (χ4v) is 3.39. The van der Waals surface area contributed by atoms with Gasteiger partial charge in [0, 0.05) is 38.4 Å². The topological polar surface area (TPSA) is 87.5 Å². The molecule has 0 aromatic carbocycles. The summed E-state index contributed by atoms with van der Waals surface area (Å²) in [5.74, 6) is -0.568. The monoisotopic (exact) mass is 348 g/mol. The third-order valence-corrected chi connectivity index (χ3v) is 4.80. The Bertz CT molecular complexity index is 885. The van der Waals surface area contributed by atoms with Gasteiger partial charge in [-0.25, -0.2) is 9.78 Å². The highest BCUT2D eigenvalue weighted by molar-refractivity contribution is 6.33. The minimum atomic E-state index is -1.22. The molecule has 0 bridgehead atoms. The zero-order valence-corrected chi connectivity index (χ0v) is 13.7. The van der Waals surface area contributed by atoms with Gasteiger partial charge in [0.05, 0.1) is 10.4 Å². The van der Waals surface area contributed by atoms with Crippen LogP contribution in [0.2, 0.25) is 5.02 Å². The van der Waals surface area contributed by atoms with E-state index in [1.165, 1.54) is 6.20 Å². The molecule has 1 aliphatic carbocycles. The maximum atomic E-state index is 12.5. The summed E-state index contributed by atoms with van der Waals surface area (Å²) in [6.45, 7) is 3.28. The summed E-state index contributed by atoms with van der Waals surface area (Å²) < 4.78 is 1.82. The Morgan fingerprint density at radius 3 is 2.67 bits per heavy atom. The Kier molecular flexibility index (Phi) is 3.69. The normalized spacial score (nSPS) is 18.1. The molecule has 1 aliphatic heterocycles. The molecule has 0 unspecified atom stereocenters. The highest BCUT2D eigenvalue weighted by Crippen LogP contribution is 2.37. The largest absolute Gasteiger partial charge is 0.477 e. The number of carboxylic acids is 1. The van der Waals surface area contributed by atoms with Gasteiger partial charge in [-0.1, -0.05) is 11.6 Å². The zero-order chi connectivity index (χ0) is 16.8. The van der Waals surface area contributed by atoms with Crippen molar-refractivity contribution in [2.75, 3.05) is 31.1 Å². The molecule has 2 N–H and O–H groups in total. The molecule has 0 amide bonds. The van der Waals surface area contributed by atoms with Gasteiger partial charge in [0.25, 0.3) is 0 Å². The zero-order valence-electron chi connectivity index (χ0n) is 13.0. The first-order valence-electron chi connectivity index (χ1n) is 8.00. The van der Waals surface area contributed by atoms with Crippen molar-refractivity contribution < 1.29 is 9.90 Å². The van der Waals surface area contributed by atoms with Gasteiger partial charge in [0.1, 0.15) is 17.0 Å². The van der Waals surface area contributed by atoms with Gasteiger partial charge in [-0.15, -0.1) is 0 Å². The second kappa shape index (κ2) is 5.75. The summed E-state index contributed by atoms with van der Waals surface area (Å²) in [6, 6.07) is 1.77. The van der Waals surface area contributed by atoms with Crippen LogP contribution in [-0.4, -0.2) is 46.8 Å². The lowest BCUT2D eigenvalue weighted by Gasteiger charge is -2.29. The second-order valence-electron chi connectivity index (χ2n) is 6.22. The van der Waals surface area contributed by atoms with E-state index in [2.05, 4.69) is 15.2 Å². The lowest BCUT2D eigenvalue weighted by Crippen LogP contribution is -2.44. The molecule has 1 saturated carbocycles. The molecule has 2 aliphatic rings. The van der Waals surface area contributed by atoms with Crippen molar-refractivity contribution in [3.63, 3.8) is 0 Å². The van der Waals surface area contributed by atoms with Gasteiger partial charge in [-0.3, -0.25) is 4.79 Å². The smallest absolute Gasteiger partial charge is 0.341 e. The summed E-state index contributed by atoms with van der Waals surface area (Å²) in [6.07, 6.45) is 3.35. The third-order valence-electron chi connectivity index (χ3n) is 4.53. The first kappa shape index (κ1) is 15.4. The molecule has 0 radical (unpaired) electrons. The maximum absolute atomic E-state index is 12.5. The lowest BCUT2D eigenvalue weighted by atomic mass is 10.2. The predicted molar refractivity (Wildman–Crippen MR) is 91.3 cm³/mol. The molecule has 4 rings (SSSR count). The van der Waals surface area contributed by atoms with Crippen molar-refractivity contribution >= 4 is 34.4 Å². The molecule has 3 heterocycles. The maximum Gasteiger partial charge on any atom is 0.341 e. The Balaban J connectivity index is 1.95. The van der Waals surface area contributed by atoms with Crippen LogP contribution >= 0.6 is 11.6 Å². The highest BCUT2D eigenvalue weighted by Gasteiger charge is 2.28. The van der Waals surface area contributed by atoms with Crippen LogP contribution in [0.15, 0.2) is 17.1 Å². The van der Waals surface area contributed by atoms with E-state index < -0.39 is 11.4 Å². The fourth-order valence-electron chi connectivity index (χ4n) is 3.12. The number of halogens is 1. The first-order chi connectivity index (χ1) is 11.6. The number of nitrogens with zero attached hydrogens (tertiary/aromatic N) is 3. The van der Waals surface area contributed by atoms with Gasteiger partial charge in [0.15, 0.2) is 0 Å². The minimum absolute atomic E-state index is 0.204. The van der Waals surface area contributed by atoms with E-state index in [-0.39, 0.29) is 17.0 Å². The first-order valence-corrected chi connectivity index (χ1v) is 8.38. The van der Waals surface area contributed by atoms with E-state index in [9.17, 15) is 14.7 Å². The quantitative estimate of drug-likeness (QED) is 0.874. The van der Waals surface area contributed by atoms with Gasteiger partial charge in [-0.2, -0.15) is 0 Å². The number of carbonyl (C=O) groups is 1. The number of rotatable bonds is 3. The second-order valence-corrected chi connectivity index (χ2v) is 6.62. The van der Waals surface area contributed by atoms with E-state index in [0.29, 0.717) is 16.5 Å². The molecule has 1 saturated heterocycles. The summed E-state index contributed by atoms with van der Waals surface area (Å²) in [4.78, 5) is 30.6. The number of piperazine rings is 1. The van der Waals surface area contributed by atoms with Crippen molar-refractivity contribution in [2.24, 2.45) is 0 Å². The average Bonchev–Trinajstić information content (AvgIpc) is 3.40. The van der Waals surface area contributed by atoms with E-state index in [1.807, 2.05) is 4.57 Å². The molecule has 2 fully saturated rings. The molecule has 2 aromatic heterocycles. The standard InChI is InChI=1S/C16H17ClN4O3/c17-12-7-10-13(22)11(16(23)24)8-21(9-1-2-9)14(10)19-15(12)20-5-3-18-4-6-20/h7-9,18H,1-6H2,(H,23,24). The highest BCUT2D eigenvalue weighted by atomic mass is 35.5. The van der Waals surface area contributed by atoms with E-state index in [4.69, 9.17) is 11.6 Å². The van der Waals surface area contributed by atoms with Gasteiger partial charge < -0.3 is 19.9 Å². The average molecular weight is 349 g/mol. The molecule has 7 nitrogen and oxygen atoms in total. The van der Waals surface area contributed by atoms with E-state index in [0.717, 1.165) is 39.0 Å². The number of aromatic nitrogens is 2. The number of hydrogen-bond donors (Lipinski definition) is 2. The Morgan fingerprint density at radius 2 is 2.04 bits per heavy atom. The third kappa shape index (κ3) is 2.53.